The highest BCUT2D eigenvalue weighted by Gasteiger charge is 2.33. The van der Waals surface area contributed by atoms with E-state index in [2.05, 4.69) is 47.7 Å². The van der Waals surface area contributed by atoms with E-state index in [9.17, 15) is 0 Å². The fraction of sp³-hybridized carbons (Fsp3) is 0.857. The van der Waals surface area contributed by atoms with Crippen molar-refractivity contribution in [3.8, 4) is 0 Å². The predicted molar refractivity (Wildman–Crippen MR) is 77.2 cm³/mol. The highest BCUT2D eigenvalue weighted by molar-refractivity contribution is 6.71. The van der Waals surface area contributed by atoms with Gasteiger partial charge in [0.05, 0.1) is 6.10 Å². The lowest BCUT2D eigenvalue weighted by Gasteiger charge is -2.33. The third-order valence-electron chi connectivity index (χ3n) is 2.94. The first-order valence-electron chi connectivity index (χ1n) is 6.81. The van der Waals surface area contributed by atoms with E-state index in [4.69, 9.17) is 8.85 Å². The van der Waals surface area contributed by atoms with E-state index in [0.717, 1.165) is 19.4 Å². The molecule has 0 radical (unpaired) electrons. The summed E-state index contributed by atoms with van der Waals surface area (Å²) in [6.07, 6.45) is 2.50. The summed E-state index contributed by atoms with van der Waals surface area (Å²) >= 11 is 0. The number of unbranched alkanes of at least 4 members (excludes halogenated alkanes) is 1. The van der Waals surface area contributed by atoms with Crippen molar-refractivity contribution in [2.75, 3.05) is 6.61 Å². The Kier molecular flexibility index (Phi) is 8.00. The molecule has 0 aromatic rings. The van der Waals surface area contributed by atoms with Gasteiger partial charge in [0.1, 0.15) is 0 Å². The van der Waals surface area contributed by atoms with Crippen LogP contribution in [0.3, 0.4) is 0 Å². The van der Waals surface area contributed by atoms with Gasteiger partial charge in [0.2, 0.25) is 0 Å². The molecule has 17 heavy (non-hydrogen) atoms. The highest BCUT2D eigenvalue weighted by Crippen LogP contribution is 2.22. The highest BCUT2D eigenvalue weighted by atomic mass is 28.4. The lowest BCUT2D eigenvalue weighted by atomic mass is 9.97. The molecule has 0 rings (SSSR count). The third kappa shape index (κ3) is 6.39. The molecule has 3 heteroatoms. The predicted octanol–water partition coefficient (Wildman–Crippen LogP) is 4.30. The van der Waals surface area contributed by atoms with Gasteiger partial charge in [-0.3, -0.25) is 0 Å². The second-order valence-corrected chi connectivity index (χ2v) is 8.46. The van der Waals surface area contributed by atoms with E-state index < -0.39 is 8.56 Å². The lowest BCUT2D eigenvalue weighted by molar-refractivity contribution is 0.0590. The van der Waals surface area contributed by atoms with Crippen LogP contribution in [0, 0.1) is 11.8 Å². The van der Waals surface area contributed by atoms with E-state index in [1.54, 1.807) is 0 Å². The summed E-state index contributed by atoms with van der Waals surface area (Å²) in [5, 5.41) is 0. The van der Waals surface area contributed by atoms with Gasteiger partial charge in [0.25, 0.3) is 0 Å². The Bertz CT molecular complexity index is 208. The zero-order chi connectivity index (χ0) is 13.5. The van der Waals surface area contributed by atoms with Crippen LogP contribution in [0.1, 0.15) is 47.5 Å². The third-order valence-corrected chi connectivity index (χ3v) is 5.20. The lowest BCUT2D eigenvalue weighted by Crippen LogP contribution is -2.44. The maximum Gasteiger partial charge on any atom is 0.361 e. The zero-order valence-electron chi connectivity index (χ0n) is 12.5. The van der Waals surface area contributed by atoms with Gasteiger partial charge in [-0.05, 0) is 30.5 Å². The van der Waals surface area contributed by atoms with Crippen LogP contribution in [0.15, 0.2) is 12.3 Å². The molecule has 0 aromatic carbocycles. The van der Waals surface area contributed by atoms with Gasteiger partial charge in [-0.1, -0.05) is 41.0 Å². The van der Waals surface area contributed by atoms with Crippen LogP contribution < -0.4 is 0 Å². The number of hydrogen-bond acceptors (Lipinski definition) is 2. The minimum atomic E-state index is -2.19. The Morgan fingerprint density at radius 3 is 2.06 bits per heavy atom. The number of hydrogen-bond donors (Lipinski definition) is 0. The van der Waals surface area contributed by atoms with Crippen molar-refractivity contribution in [3.63, 3.8) is 0 Å². The quantitative estimate of drug-likeness (QED) is 0.453. The maximum atomic E-state index is 6.26. The second kappa shape index (κ2) is 8.06. The molecule has 1 atom stereocenters. The Labute approximate surface area is 109 Å². The molecule has 0 aliphatic rings. The molecule has 0 amide bonds. The molecule has 0 N–H and O–H groups in total. The van der Waals surface area contributed by atoms with E-state index in [1.165, 1.54) is 0 Å². The van der Waals surface area contributed by atoms with Crippen LogP contribution >= 0.6 is 0 Å². The molecule has 0 spiro atoms. The van der Waals surface area contributed by atoms with E-state index in [-0.39, 0.29) is 6.10 Å². The van der Waals surface area contributed by atoms with Crippen LogP contribution in [-0.4, -0.2) is 21.3 Å². The first kappa shape index (κ1) is 16.9. The van der Waals surface area contributed by atoms with Crippen molar-refractivity contribution in [1.82, 2.24) is 0 Å². The molecule has 0 fully saturated rings. The van der Waals surface area contributed by atoms with Crippen molar-refractivity contribution in [2.45, 2.75) is 60.1 Å². The molecule has 102 valence electrons. The van der Waals surface area contributed by atoms with Crippen molar-refractivity contribution < 1.29 is 8.85 Å². The van der Waals surface area contributed by atoms with Crippen LogP contribution in [-0.2, 0) is 8.85 Å². The normalized spacial score (nSPS) is 15.6. The fourth-order valence-corrected chi connectivity index (χ4v) is 3.79. The summed E-state index contributed by atoms with van der Waals surface area (Å²) in [5.41, 5.74) is 1.90. The Morgan fingerprint density at radius 2 is 1.71 bits per heavy atom. The molecular weight excluding hydrogens is 228 g/mol. The monoisotopic (exact) mass is 258 g/mol. The minimum absolute atomic E-state index is 0.256. The summed E-state index contributed by atoms with van der Waals surface area (Å²) in [6.45, 7) is 17.8. The second-order valence-electron chi connectivity index (χ2n) is 5.49. The van der Waals surface area contributed by atoms with Crippen LogP contribution in [0.5, 0.6) is 0 Å². The average Bonchev–Trinajstić information content (AvgIpc) is 2.25. The van der Waals surface area contributed by atoms with Crippen LogP contribution in [0.25, 0.3) is 0 Å². The van der Waals surface area contributed by atoms with Crippen LogP contribution in [0.2, 0.25) is 6.55 Å². The molecule has 0 aromatic heterocycles. The summed E-state index contributed by atoms with van der Waals surface area (Å²) in [5.74, 6) is 1.02. The average molecular weight is 258 g/mol. The Morgan fingerprint density at radius 1 is 1.18 bits per heavy atom. The van der Waals surface area contributed by atoms with Gasteiger partial charge in [0, 0.05) is 6.61 Å². The van der Waals surface area contributed by atoms with Crippen molar-refractivity contribution >= 4 is 8.56 Å². The molecule has 2 nitrogen and oxygen atoms in total. The smallest absolute Gasteiger partial charge is 0.361 e. The van der Waals surface area contributed by atoms with Gasteiger partial charge >= 0.3 is 8.56 Å². The fourth-order valence-electron chi connectivity index (χ4n) is 1.87. The topological polar surface area (TPSA) is 18.5 Å². The van der Waals surface area contributed by atoms with Gasteiger partial charge in [-0.2, -0.15) is 0 Å². The molecular formula is C14H30O2Si. The molecule has 0 bridgehead atoms. The molecule has 0 aliphatic heterocycles. The standard InChI is InChI=1S/C14H30O2Si/c1-8-10-11-15-17(7,9-2)16-14(12(3)4)13(5)6/h9,12-14H,2,8,10-11H2,1,3-7H3. The van der Waals surface area contributed by atoms with Crippen molar-refractivity contribution in [1.29, 1.82) is 0 Å². The van der Waals surface area contributed by atoms with E-state index in [0.29, 0.717) is 11.8 Å². The summed E-state index contributed by atoms with van der Waals surface area (Å²) in [4.78, 5) is 0. The SMILES string of the molecule is C=C[Si](C)(OCCCC)OC(C(C)C)C(C)C. The first-order valence-corrected chi connectivity index (χ1v) is 9.21. The van der Waals surface area contributed by atoms with Gasteiger partial charge in [-0.15, -0.1) is 6.58 Å². The number of rotatable bonds is 9. The van der Waals surface area contributed by atoms with E-state index in [1.807, 2.05) is 5.70 Å². The van der Waals surface area contributed by atoms with E-state index >= 15 is 0 Å². The Hall–Kier alpha value is -0.123. The molecule has 0 saturated carbocycles. The van der Waals surface area contributed by atoms with Crippen LogP contribution in [0.4, 0.5) is 0 Å². The van der Waals surface area contributed by atoms with Crippen molar-refractivity contribution in [2.24, 2.45) is 11.8 Å². The van der Waals surface area contributed by atoms with Gasteiger partial charge in [0.15, 0.2) is 0 Å². The molecule has 0 heterocycles. The minimum Gasteiger partial charge on any atom is -0.391 e. The summed E-state index contributed by atoms with van der Waals surface area (Å²) in [7, 11) is -2.19. The molecule has 0 aliphatic carbocycles. The Balaban J connectivity index is 4.47. The zero-order valence-corrected chi connectivity index (χ0v) is 13.5. The molecule has 1 unspecified atom stereocenters. The first-order chi connectivity index (χ1) is 7.86. The van der Waals surface area contributed by atoms with Gasteiger partial charge < -0.3 is 8.85 Å². The molecule has 0 saturated heterocycles. The maximum absolute atomic E-state index is 6.26. The largest absolute Gasteiger partial charge is 0.391 e. The summed E-state index contributed by atoms with van der Waals surface area (Å²) < 4.78 is 12.2. The van der Waals surface area contributed by atoms with Gasteiger partial charge in [-0.25, -0.2) is 0 Å². The van der Waals surface area contributed by atoms with Crippen molar-refractivity contribution in [3.05, 3.63) is 12.3 Å². The summed E-state index contributed by atoms with van der Waals surface area (Å²) in [6, 6.07) is 0.